The van der Waals surface area contributed by atoms with Crippen LogP contribution >= 0.6 is 0 Å². The summed E-state index contributed by atoms with van der Waals surface area (Å²) < 4.78 is 44.4. The fourth-order valence-electron chi connectivity index (χ4n) is 2.17. The molecule has 1 unspecified atom stereocenters. The second kappa shape index (κ2) is 5.74. The van der Waals surface area contributed by atoms with Gasteiger partial charge >= 0.3 is 6.18 Å². The molecule has 0 radical (unpaired) electrons. The molecule has 112 valence electrons. The predicted octanol–water partition coefficient (Wildman–Crippen LogP) is 5.26. The highest BCUT2D eigenvalue weighted by atomic mass is 28.4. The van der Waals surface area contributed by atoms with E-state index >= 15 is 0 Å². The summed E-state index contributed by atoms with van der Waals surface area (Å²) in [5.41, 5.74) is -1.02. The van der Waals surface area contributed by atoms with E-state index in [0.29, 0.717) is 0 Å². The van der Waals surface area contributed by atoms with Gasteiger partial charge in [0.15, 0.2) is 8.32 Å². The number of benzene rings is 1. The monoisotopic (exact) mass is 302 g/mol. The zero-order chi connectivity index (χ0) is 15.6. The van der Waals surface area contributed by atoms with E-state index < -0.39 is 25.7 Å². The average molecular weight is 302 g/mol. The lowest BCUT2D eigenvalue weighted by atomic mass is 9.89. The van der Waals surface area contributed by atoms with Crippen LogP contribution in [-0.2, 0) is 10.0 Å². The molecule has 0 saturated heterocycles. The molecular formula is C15H21F3OSi. The minimum atomic E-state index is -4.39. The van der Waals surface area contributed by atoms with Crippen LogP contribution in [0.15, 0.2) is 42.5 Å². The molecule has 0 amide bonds. The first kappa shape index (κ1) is 17.0. The van der Waals surface area contributed by atoms with Gasteiger partial charge in [-0.05, 0) is 32.1 Å². The molecule has 1 rings (SSSR count). The predicted molar refractivity (Wildman–Crippen MR) is 78.0 cm³/mol. The van der Waals surface area contributed by atoms with Gasteiger partial charge in [-0.2, -0.15) is 13.2 Å². The Morgan fingerprint density at radius 2 is 1.65 bits per heavy atom. The van der Waals surface area contributed by atoms with Gasteiger partial charge in [0.05, 0.1) is 5.60 Å². The molecule has 1 aromatic carbocycles. The molecule has 0 bridgehead atoms. The molecule has 0 saturated carbocycles. The summed E-state index contributed by atoms with van der Waals surface area (Å²) in [6.45, 7) is 10.8. The van der Waals surface area contributed by atoms with E-state index in [1.165, 1.54) is 0 Å². The normalized spacial score (nSPS) is 15.8. The van der Waals surface area contributed by atoms with E-state index in [4.69, 9.17) is 4.43 Å². The maximum Gasteiger partial charge on any atom is 0.412 e. The third kappa shape index (κ3) is 4.79. The van der Waals surface area contributed by atoms with Gasteiger partial charge in [0.1, 0.15) is 0 Å². The molecule has 0 aromatic heterocycles. The molecule has 20 heavy (non-hydrogen) atoms. The van der Waals surface area contributed by atoms with Crippen LogP contribution in [0.4, 0.5) is 13.2 Å². The third-order valence-corrected chi connectivity index (χ3v) is 3.93. The van der Waals surface area contributed by atoms with Crippen molar-refractivity contribution in [2.24, 2.45) is 0 Å². The minimum absolute atomic E-state index is 0.259. The molecule has 1 aromatic rings. The van der Waals surface area contributed by atoms with E-state index in [1.54, 1.807) is 31.2 Å². The van der Waals surface area contributed by atoms with Crippen LogP contribution in [0.5, 0.6) is 0 Å². The van der Waals surface area contributed by atoms with Gasteiger partial charge < -0.3 is 4.43 Å². The van der Waals surface area contributed by atoms with Crippen LogP contribution in [0.2, 0.25) is 19.6 Å². The highest BCUT2D eigenvalue weighted by Crippen LogP contribution is 2.39. The topological polar surface area (TPSA) is 9.23 Å². The lowest BCUT2D eigenvalue weighted by Gasteiger charge is -2.37. The van der Waals surface area contributed by atoms with Crippen molar-refractivity contribution in [3.8, 4) is 0 Å². The fourth-order valence-corrected chi connectivity index (χ4v) is 3.71. The molecule has 1 atom stereocenters. The molecule has 0 N–H and O–H groups in total. The van der Waals surface area contributed by atoms with Crippen molar-refractivity contribution in [3.63, 3.8) is 0 Å². The van der Waals surface area contributed by atoms with Gasteiger partial charge in [0.25, 0.3) is 0 Å². The van der Waals surface area contributed by atoms with Crippen LogP contribution in [0.1, 0.15) is 18.9 Å². The van der Waals surface area contributed by atoms with E-state index in [2.05, 4.69) is 6.58 Å². The van der Waals surface area contributed by atoms with Crippen molar-refractivity contribution in [1.29, 1.82) is 0 Å². The largest absolute Gasteiger partial charge is 0.412 e. The number of hydrogen-bond donors (Lipinski definition) is 0. The second-order valence-electron chi connectivity index (χ2n) is 6.09. The molecule has 0 aliphatic rings. The maximum atomic E-state index is 12.8. The molecule has 0 aliphatic heterocycles. The van der Waals surface area contributed by atoms with Crippen molar-refractivity contribution in [3.05, 3.63) is 48.0 Å². The third-order valence-electron chi connectivity index (χ3n) is 2.87. The lowest BCUT2D eigenvalue weighted by molar-refractivity contribution is -0.100. The summed E-state index contributed by atoms with van der Waals surface area (Å²) in [6, 6.07) is 9.03. The summed E-state index contributed by atoms with van der Waals surface area (Å²) in [7, 11) is -2.01. The zero-order valence-electron chi connectivity index (χ0n) is 12.3. The van der Waals surface area contributed by atoms with Gasteiger partial charge in [0.2, 0.25) is 0 Å². The van der Waals surface area contributed by atoms with E-state index in [9.17, 15) is 13.2 Å². The highest BCUT2D eigenvalue weighted by molar-refractivity contribution is 6.69. The van der Waals surface area contributed by atoms with E-state index in [1.807, 2.05) is 25.7 Å². The summed E-state index contributed by atoms with van der Waals surface area (Å²) in [5.74, 6) is 0. The molecule has 0 fully saturated rings. The average Bonchev–Trinajstić information content (AvgIpc) is 2.26. The van der Waals surface area contributed by atoms with Gasteiger partial charge in [0, 0.05) is 12.0 Å². The van der Waals surface area contributed by atoms with Crippen molar-refractivity contribution in [1.82, 2.24) is 0 Å². The van der Waals surface area contributed by atoms with Crippen molar-refractivity contribution < 1.29 is 17.6 Å². The summed E-state index contributed by atoms with van der Waals surface area (Å²) in [5, 5.41) is 0. The smallest absolute Gasteiger partial charge is 0.408 e. The Balaban J connectivity index is 3.12. The lowest BCUT2D eigenvalue weighted by Crippen LogP contribution is -2.40. The molecule has 0 heterocycles. The first-order valence-corrected chi connectivity index (χ1v) is 9.85. The minimum Gasteiger partial charge on any atom is -0.408 e. The Labute approximate surface area is 119 Å². The summed E-state index contributed by atoms with van der Waals surface area (Å²) in [4.78, 5) is 0. The summed E-state index contributed by atoms with van der Waals surface area (Å²) in [6.07, 6.45) is -4.65. The molecule has 0 aliphatic carbocycles. The Morgan fingerprint density at radius 3 is 2.05 bits per heavy atom. The Bertz CT molecular complexity index is 462. The first-order chi connectivity index (χ1) is 8.94. The number of rotatable bonds is 5. The van der Waals surface area contributed by atoms with Gasteiger partial charge in [-0.15, -0.1) is 0 Å². The van der Waals surface area contributed by atoms with Crippen molar-refractivity contribution >= 4 is 8.32 Å². The fraction of sp³-hybridized carbons (Fsp3) is 0.467. The van der Waals surface area contributed by atoms with Gasteiger partial charge in [-0.3, -0.25) is 0 Å². The molecule has 0 spiro atoms. The SMILES string of the molecule is C=C(CC(C)(O[Si](C)(C)C)c1ccccc1)C(F)(F)F. The zero-order valence-corrected chi connectivity index (χ0v) is 13.3. The van der Waals surface area contributed by atoms with Crippen molar-refractivity contribution in [2.45, 2.75) is 44.8 Å². The molecule has 1 nitrogen and oxygen atoms in total. The van der Waals surface area contributed by atoms with Crippen LogP contribution in [-0.4, -0.2) is 14.5 Å². The standard InChI is InChI=1S/C15H21F3OSi/c1-12(15(16,17)18)11-14(2,19-20(3,4)5)13-9-7-6-8-10-13/h6-10H,1,11H2,2-5H3. The summed E-state index contributed by atoms with van der Waals surface area (Å²) >= 11 is 0. The van der Waals surface area contributed by atoms with Crippen LogP contribution < -0.4 is 0 Å². The maximum absolute atomic E-state index is 12.8. The highest BCUT2D eigenvalue weighted by Gasteiger charge is 2.40. The Hall–Kier alpha value is -1.07. The van der Waals surface area contributed by atoms with Gasteiger partial charge in [-0.25, -0.2) is 0 Å². The number of alkyl halides is 3. The second-order valence-corrected chi connectivity index (χ2v) is 10.5. The van der Waals surface area contributed by atoms with Gasteiger partial charge in [-0.1, -0.05) is 36.9 Å². The van der Waals surface area contributed by atoms with E-state index in [-0.39, 0.29) is 6.42 Å². The Kier molecular flexibility index (Phi) is 4.87. The van der Waals surface area contributed by atoms with Crippen LogP contribution in [0.25, 0.3) is 0 Å². The van der Waals surface area contributed by atoms with Crippen LogP contribution in [0, 0.1) is 0 Å². The molecular weight excluding hydrogens is 281 g/mol. The number of halogens is 3. The van der Waals surface area contributed by atoms with E-state index in [0.717, 1.165) is 5.56 Å². The molecule has 5 heteroatoms. The number of hydrogen-bond acceptors (Lipinski definition) is 1. The van der Waals surface area contributed by atoms with Crippen LogP contribution in [0.3, 0.4) is 0 Å². The quantitative estimate of drug-likeness (QED) is 0.532. The first-order valence-electron chi connectivity index (χ1n) is 6.45. The Morgan fingerprint density at radius 1 is 1.15 bits per heavy atom. The van der Waals surface area contributed by atoms with Crippen molar-refractivity contribution in [2.75, 3.05) is 0 Å².